The number of carbonyl (C=O) groups excluding carboxylic acids is 1. The molecule has 130 valence electrons. The lowest BCUT2D eigenvalue weighted by Crippen LogP contribution is -2.28. The number of Topliss-reactive ketones (excluding diaryl/α,β-unsaturated/α-hetero) is 1. The Morgan fingerprint density at radius 1 is 1.17 bits per heavy atom. The number of ether oxygens (including phenoxy) is 3. The third-order valence-corrected chi connectivity index (χ3v) is 3.81. The minimum atomic E-state index is -0.271. The van der Waals surface area contributed by atoms with E-state index in [-0.39, 0.29) is 24.5 Å². The molecule has 0 N–H and O–H groups in total. The molecule has 0 aliphatic carbocycles. The van der Waals surface area contributed by atoms with Crippen LogP contribution in [0.15, 0.2) is 42.9 Å². The lowest BCUT2D eigenvalue weighted by molar-refractivity contribution is -0.0348. The highest BCUT2D eigenvalue weighted by molar-refractivity contribution is 5.95. The van der Waals surface area contributed by atoms with Gasteiger partial charge in [0.25, 0.3) is 0 Å². The van der Waals surface area contributed by atoms with Gasteiger partial charge in [-0.15, -0.1) is 0 Å². The van der Waals surface area contributed by atoms with Crippen molar-refractivity contribution in [1.82, 2.24) is 9.55 Å². The van der Waals surface area contributed by atoms with Gasteiger partial charge in [0.2, 0.25) is 5.78 Å². The van der Waals surface area contributed by atoms with Crippen LogP contribution in [0.4, 0.5) is 0 Å². The molecule has 1 heterocycles. The van der Waals surface area contributed by atoms with Gasteiger partial charge >= 0.3 is 0 Å². The molecule has 0 bridgehead atoms. The average molecular weight is 332 g/mol. The Kier molecular flexibility index (Phi) is 7.11. The van der Waals surface area contributed by atoms with E-state index in [1.807, 2.05) is 41.8 Å². The number of benzene rings is 1. The fraction of sp³-hybridized carbons (Fsp3) is 0.444. The summed E-state index contributed by atoms with van der Waals surface area (Å²) in [5.41, 5.74) is 1.64. The van der Waals surface area contributed by atoms with Crippen LogP contribution in [0.1, 0.15) is 29.0 Å². The predicted octanol–water partition coefficient (Wildman–Crippen LogP) is 2.35. The lowest BCUT2D eigenvalue weighted by atomic mass is 10.1. The second kappa shape index (κ2) is 9.32. The molecular formula is C18H24N2O4. The van der Waals surface area contributed by atoms with Crippen LogP contribution in [-0.4, -0.2) is 55.5 Å². The van der Waals surface area contributed by atoms with Crippen LogP contribution < -0.4 is 0 Å². The zero-order valence-electron chi connectivity index (χ0n) is 14.3. The summed E-state index contributed by atoms with van der Waals surface area (Å²) in [5, 5.41) is 0. The largest absolute Gasteiger partial charge is 0.382 e. The SMILES string of the molecule is COCC(COC)OCC(=O)c1cncn1[C@H](C)c1ccccc1. The van der Waals surface area contributed by atoms with Gasteiger partial charge in [0, 0.05) is 14.2 Å². The number of methoxy groups -OCH3 is 2. The van der Waals surface area contributed by atoms with Crippen LogP contribution >= 0.6 is 0 Å². The predicted molar refractivity (Wildman–Crippen MR) is 90.3 cm³/mol. The number of nitrogens with zero attached hydrogens (tertiary/aromatic N) is 2. The first-order chi connectivity index (χ1) is 11.7. The summed E-state index contributed by atoms with van der Waals surface area (Å²) in [4.78, 5) is 16.6. The standard InChI is InChI=1S/C18H24N2O4/c1-14(15-7-5-4-6-8-15)20-13-19-9-17(20)18(21)12-24-16(10-22-2)11-23-3/h4-9,13-14,16H,10-12H2,1-3H3/t14-/m1/s1. The Morgan fingerprint density at radius 3 is 2.46 bits per heavy atom. The lowest BCUT2D eigenvalue weighted by Gasteiger charge is -2.18. The molecule has 0 saturated heterocycles. The second-order valence-corrected chi connectivity index (χ2v) is 5.54. The van der Waals surface area contributed by atoms with E-state index >= 15 is 0 Å². The van der Waals surface area contributed by atoms with Gasteiger partial charge in [0.05, 0.1) is 31.8 Å². The van der Waals surface area contributed by atoms with Gasteiger partial charge in [0.1, 0.15) is 18.4 Å². The van der Waals surface area contributed by atoms with Crippen LogP contribution in [0.3, 0.4) is 0 Å². The highest BCUT2D eigenvalue weighted by Gasteiger charge is 2.19. The Hall–Kier alpha value is -2.02. The summed E-state index contributed by atoms with van der Waals surface area (Å²) in [6, 6.07) is 10.0. The number of aromatic nitrogens is 2. The van der Waals surface area contributed by atoms with Crippen molar-refractivity contribution in [2.24, 2.45) is 0 Å². The molecule has 6 heteroatoms. The Morgan fingerprint density at radius 2 is 1.83 bits per heavy atom. The van der Waals surface area contributed by atoms with Crippen molar-refractivity contribution >= 4 is 5.78 Å². The first kappa shape index (κ1) is 18.3. The molecule has 2 aromatic rings. The molecule has 2 rings (SSSR count). The molecule has 0 saturated carbocycles. The number of rotatable bonds is 10. The van der Waals surface area contributed by atoms with E-state index in [1.54, 1.807) is 26.7 Å². The van der Waals surface area contributed by atoms with E-state index in [4.69, 9.17) is 14.2 Å². The Labute approximate surface area is 142 Å². The quantitative estimate of drug-likeness (QED) is 0.625. The van der Waals surface area contributed by atoms with E-state index in [0.29, 0.717) is 18.9 Å². The highest BCUT2D eigenvalue weighted by Crippen LogP contribution is 2.19. The van der Waals surface area contributed by atoms with Gasteiger partial charge in [-0.1, -0.05) is 30.3 Å². The summed E-state index contributed by atoms with van der Waals surface area (Å²) in [5.74, 6) is -0.118. The highest BCUT2D eigenvalue weighted by atomic mass is 16.6. The second-order valence-electron chi connectivity index (χ2n) is 5.54. The monoisotopic (exact) mass is 332 g/mol. The maximum Gasteiger partial charge on any atom is 0.206 e. The van der Waals surface area contributed by atoms with Crippen molar-refractivity contribution in [1.29, 1.82) is 0 Å². The molecule has 0 unspecified atom stereocenters. The molecule has 24 heavy (non-hydrogen) atoms. The summed E-state index contributed by atoms with van der Waals surface area (Å²) in [7, 11) is 3.18. The van der Waals surface area contributed by atoms with Crippen molar-refractivity contribution in [3.8, 4) is 0 Å². The molecule has 0 amide bonds. The summed E-state index contributed by atoms with van der Waals surface area (Å²) in [6.45, 7) is 2.75. The Balaban J connectivity index is 2.05. The van der Waals surface area contributed by atoms with Crippen LogP contribution in [0.5, 0.6) is 0 Å². The zero-order valence-corrected chi connectivity index (χ0v) is 14.3. The van der Waals surface area contributed by atoms with Crippen LogP contribution in [0, 0.1) is 0 Å². The molecule has 0 aliphatic heterocycles. The minimum Gasteiger partial charge on any atom is -0.382 e. The fourth-order valence-corrected chi connectivity index (χ4v) is 2.51. The Bertz CT molecular complexity index is 621. The molecule has 1 aromatic carbocycles. The smallest absolute Gasteiger partial charge is 0.206 e. The molecule has 0 aliphatic rings. The molecule has 6 nitrogen and oxygen atoms in total. The van der Waals surface area contributed by atoms with Crippen molar-refractivity contribution < 1.29 is 19.0 Å². The van der Waals surface area contributed by atoms with Gasteiger partial charge in [0.15, 0.2) is 0 Å². The third kappa shape index (κ3) is 4.74. The van der Waals surface area contributed by atoms with Crippen LogP contribution in [0.25, 0.3) is 0 Å². The molecule has 0 spiro atoms. The maximum atomic E-state index is 12.5. The fourth-order valence-electron chi connectivity index (χ4n) is 2.51. The first-order valence-corrected chi connectivity index (χ1v) is 7.86. The van der Waals surface area contributed by atoms with Crippen molar-refractivity contribution in [3.63, 3.8) is 0 Å². The van der Waals surface area contributed by atoms with Gasteiger partial charge < -0.3 is 18.8 Å². The molecule has 1 atom stereocenters. The zero-order chi connectivity index (χ0) is 17.4. The van der Waals surface area contributed by atoms with Crippen molar-refractivity contribution in [2.75, 3.05) is 34.0 Å². The van der Waals surface area contributed by atoms with Crippen molar-refractivity contribution in [2.45, 2.75) is 19.1 Å². The molecule has 1 aromatic heterocycles. The summed E-state index contributed by atoms with van der Waals surface area (Å²) < 4.78 is 17.6. The normalized spacial score (nSPS) is 12.5. The van der Waals surface area contributed by atoms with Crippen LogP contribution in [-0.2, 0) is 14.2 Å². The number of carbonyl (C=O) groups is 1. The number of hydrogen-bond donors (Lipinski definition) is 0. The van der Waals surface area contributed by atoms with E-state index < -0.39 is 0 Å². The molecule has 0 fully saturated rings. The summed E-state index contributed by atoms with van der Waals surface area (Å²) in [6.07, 6.45) is 2.98. The average Bonchev–Trinajstić information content (AvgIpc) is 3.09. The van der Waals surface area contributed by atoms with E-state index in [1.165, 1.54) is 0 Å². The van der Waals surface area contributed by atoms with E-state index in [9.17, 15) is 4.79 Å². The molecule has 0 radical (unpaired) electrons. The van der Waals surface area contributed by atoms with Crippen molar-refractivity contribution in [3.05, 3.63) is 54.1 Å². The van der Waals surface area contributed by atoms with Gasteiger partial charge in [-0.3, -0.25) is 4.79 Å². The summed E-state index contributed by atoms with van der Waals surface area (Å²) >= 11 is 0. The number of hydrogen-bond acceptors (Lipinski definition) is 5. The van der Waals surface area contributed by atoms with Gasteiger partial charge in [-0.25, -0.2) is 4.98 Å². The topological polar surface area (TPSA) is 62.6 Å². The third-order valence-electron chi connectivity index (χ3n) is 3.81. The molecular weight excluding hydrogens is 308 g/mol. The van der Waals surface area contributed by atoms with Crippen LogP contribution in [0.2, 0.25) is 0 Å². The van der Waals surface area contributed by atoms with Gasteiger partial charge in [-0.05, 0) is 12.5 Å². The van der Waals surface area contributed by atoms with E-state index in [2.05, 4.69) is 4.98 Å². The number of imidazole rings is 1. The number of ketones is 1. The maximum absolute atomic E-state index is 12.5. The first-order valence-electron chi connectivity index (χ1n) is 7.86. The minimum absolute atomic E-state index is 0.0152. The van der Waals surface area contributed by atoms with Gasteiger partial charge in [-0.2, -0.15) is 0 Å². The van der Waals surface area contributed by atoms with E-state index in [0.717, 1.165) is 5.56 Å².